The van der Waals surface area contributed by atoms with E-state index < -0.39 is 29.6 Å². The number of carbonyl (C=O) groups excluding carboxylic acids is 2. The Morgan fingerprint density at radius 2 is 1.84 bits per heavy atom. The Hall–Kier alpha value is -4.58. The van der Waals surface area contributed by atoms with E-state index >= 15 is 0 Å². The van der Waals surface area contributed by atoms with Gasteiger partial charge in [-0.3, -0.25) is 14.3 Å². The normalized spacial score (nSPS) is 15.2. The fourth-order valence-electron chi connectivity index (χ4n) is 3.86. The number of aromatic nitrogens is 4. The van der Waals surface area contributed by atoms with E-state index in [0.29, 0.717) is 17.4 Å². The van der Waals surface area contributed by atoms with Crippen LogP contribution < -0.4 is 5.32 Å². The van der Waals surface area contributed by atoms with E-state index in [0.717, 1.165) is 6.07 Å². The lowest BCUT2D eigenvalue weighted by molar-refractivity contribution is -0.137. The number of rotatable bonds is 5. The predicted molar refractivity (Wildman–Crippen MR) is 132 cm³/mol. The van der Waals surface area contributed by atoms with E-state index in [1.165, 1.54) is 39.8 Å². The molecule has 4 aromatic rings. The van der Waals surface area contributed by atoms with Gasteiger partial charge in [-0.25, -0.2) is 4.68 Å². The third kappa shape index (κ3) is 4.98. The molecule has 3 heterocycles. The molecule has 2 aromatic heterocycles. The Morgan fingerprint density at radius 3 is 2.47 bits per heavy atom. The smallest absolute Gasteiger partial charge is 0.306 e. The van der Waals surface area contributed by atoms with Crippen LogP contribution in [-0.2, 0) is 18.0 Å². The Bertz CT molecular complexity index is 1590. The van der Waals surface area contributed by atoms with E-state index in [1.807, 2.05) is 0 Å². The van der Waals surface area contributed by atoms with E-state index in [9.17, 15) is 22.8 Å². The molecular weight excluding hydrogens is 523 g/mol. The third-order valence-corrected chi connectivity index (χ3v) is 5.93. The number of carbonyl (C=O) groups is 2. The molecule has 0 radical (unpaired) electrons. The summed E-state index contributed by atoms with van der Waals surface area (Å²) in [6.07, 6.45) is -0.451. The largest absolute Gasteiger partial charge is 0.417 e. The minimum absolute atomic E-state index is 0.0335. The fourth-order valence-corrected chi connectivity index (χ4v) is 4.11. The van der Waals surface area contributed by atoms with Crippen LogP contribution in [0.2, 0.25) is 5.02 Å². The van der Waals surface area contributed by atoms with Gasteiger partial charge in [0, 0.05) is 31.0 Å². The van der Waals surface area contributed by atoms with Crippen molar-refractivity contribution in [1.82, 2.24) is 19.6 Å². The number of alkyl halides is 3. The summed E-state index contributed by atoms with van der Waals surface area (Å²) in [6, 6.07) is 12.9. The zero-order chi connectivity index (χ0) is 27.0. The van der Waals surface area contributed by atoms with Crippen molar-refractivity contribution >= 4 is 29.2 Å². The number of anilines is 1. The number of hydrogen-bond donors (Lipinski definition) is 1. The zero-order valence-electron chi connectivity index (χ0n) is 19.5. The number of benzene rings is 2. The first-order valence-corrected chi connectivity index (χ1v) is 11.5. The first-order valence-electron chi connectivity index (χ1n) is 11.1. The summed E-state index contributed by atoms with van der Waals surface area (Å²) in [5.74, 6) is -1.06. The molecule has 38 heavy (non-hydrogen) atoms. The molecule has 0 aliphatic carbocycles. The maximum atomic E-state index is 13.8. The van der Waals surface area contributed by atoms with Crippen LogP contribution in [0.3, 0.4) is 0 Å². The van der Waals surface area contributed by atoms with E-state index in [1.54, 1.807) is 37.4 Å². The predicted octanol–water partition coefficient (Wildman–Crippen LogP) is 5.79. The van der Waals surface area contributed by atoms with Gasteiger partial charge in [0.15, 0.2) is 0 Å². The molecule has 0 spiro atoms. The van der Waals surface area contributed by atoms with Crippen LogP contribution in [0.4, 0.5) is 19.0 Å². The number of aryl methyl sites for hydroxylation is 1. The lowest BCUT2D eigenvalue weighted by Gasteiger charge is -2.15. The second kappa shape index (κ2) is 9.71. The second-order valence-corrected chi connectivity index (χ2v) is 8.67. The van der Waals surface area contributed by atoms with Gasteiger partial charge >= 0.3 is 6.18 Å². The van der Waals surface area contributed by atoms with Crippen molar-refractivity contribution in [3.05, 3.63) is 94.8 Å². The third-order valence-electron chi connectivity index (χ3n) is 5.62. The first kappa shape index (κ1) is 25.1. The fraction of sp³-hybridized carbons (Fsp3) is 0.120. The van der Waals surface area contributed by atoms with Crippen molar-refractivity contribution in [3.8, 4) is 16.9 Å². The summed E-state index contributed by atoms with van der Waals surface area (Å²) in [5.41, 5.74) is -0.490. The monoisotopic (exact) mass is 539 g/mol. The SMILES string of the molecule is Cn1ccc(-c2cc(C(=O)Nc3cc(C4C=CC(=O)N=N4)nn3-c3ccccc3)c(Cl)cc2C(F)(F)F)n1. The highest BCUT2D eigenvalue weighted by molar-refractivity contribution is 6.34. The molecule has 0 bridgehead atoms. The summed E-state index contributed by atoms with van der Waals surface area (Å²) >= 11 is 6.18. The van der Waals surface area contributed by atoms with Crippen molar-refractivity contribution in [2.24, 2.45) is 17.3 Å². The number of halogens is 4. The lowest BCUT2D eigenvalue weighted by atomic mass is 10.00. The van der Waals surface area contributed by atoms with Crippen molar-refractivity contribution < 1.29 is 22.8 Å². The van der Waals surface area contributed by atoms with E-state index in [-0.39, 0.29) is 27.7 Å². The van der Waals surface area contributed by atoms with Crippen LogP contribution >= 0.6 is 11.6 Å². The standard InChI is InChI=1S/C25H17ClF3N7O2/c1-35-10-9-19(33-35)15-11-16(18(26)12-17(15)25(27,28)29)24(38)30-22-13-21(20-7-8-23(37)32-31-20)34-36(22)14-5-3-2-4-6-14/h2-13,20H,1H3,(H,30,38). The molecular formula is C25H17ClF3N7O2. The number of para-hydroxylation sites is 1. The summed E-state index contributed by atoms with van der Waals surface area (Å²) in [6.45, 7) is 0. The van der Waals surface area contributed by atoms with Crippen LogP contribution in [-0.4, -0.2) is 31.4 Å². The molecule has 5 rings (SSSR count). The average molecular weight is 540 g/mol. The highest BCUT2D eigenvalue weighted by Crippen LogP contribution is 2.40. The summed E-state index contributed by atoms with van der Waals surface area (Å²) < 4.78 is 44.2. The highest BCUT2D eigenvalue weighted by atomic mass is 35.5. The van der Waals surface area contributed by atoms with Gasteiger partial charge in [0.25, 0.3) is 11.8 Å². The molecule has 192 valence electrons. The van der Waals surface area contributed by atoms with Gasteiger partial charge < -0.3 is 5.32 Å². The van der Waals surface area contributed by atoms with Crippen molar-refractivity contribution in [2.75, 3.05) is 5.32 Å². The molecule has 1 N–H and O–H groups in total. The quantitative estimate of drug-likeness (QED) is 0.346. The highest BCUT2D eigenvalue weighted by Gasteiger charge is 2.36. The Labute approximate surface area is 218 Å². The summed E-state index contributed by atoms with van der Waals surface area (Å²) in [7, 11) is 1.57. The van der Waals surface area contributed by atoms with Gasteiger partial charge in [0.1, 0.15) is 11.9 Å². The number of amides is 2. The molecule has 1 atom stereocenters. The van der Waals surface area contributed by atoms with E-state index in [2.05, 4.69) is 25.7 Å². The minimum Gasteiger partial charge on any atom is -0.306 e. The van der Waals surface area contributed by atoms with Crippen LogP contribution in [0.5, 0.6) is 0 Å². The lowest BCUT2D eigenvalue weighted by Crippen LogP contribution is -2.17. The molecule has 13 heteroatoms. The van der Waals surface area contributed by atoms with Gasteiger partial charge in [-0.2, -0.15) is 28.5 Å². The molecule has 0 fully saturated rings. The maximum Gasteiger partial charge on any atom is 0.417 e. The zero-order valence-corrected chi connectivity index (χ0v) is 20.3. The van der Waals surface area contributed by atoms with Gasteiger partial charge in [0.05, 0.1) is 33.2 Å². The van der Waals surface area contributed by atoms with Gasteiger partial charge in [0.2, 0.25) is 0 Å². The van der Waals surface area contributed by atoms with Crippen molar-refractivity contribution in [2.45, 2.75) is 12.2 Å². The Kier molecular flexibility index (Phi) is 6.41. The summed E-state index contributed by atoms with van der Waals surface area (Å²) in [5, 5.41) is 18.3. The van der Waals surface area contributed by atoms with Crippen LogP contribution in [0.1, 0.15) is 27.7 Å². The van der Waals surface area contributed by atoms with Gasteiger partial charge in [-0.05, 0) is 36.4 Å². The van der Waals surface area contributed by atoms with Crippen LogP contribution in [0.15, 0.2) is 83.2 Å². The molecule has 1 aliphatic rings. The molecule has 1 aliphatic heterocycles. The molecule has 9 nitrogen and oxygen atoms in total. The van der Waals surface area contributed by atoms with Gasteiger partial charge in [-0.15, -0.1) is 5.11 Å². The Balaban J connectivity index is 1.56. The summed E-state index contributed by atoms with van der Waals surface area (Å²) in [4.78, 5) is 24.7. The molecule has 2 aromatic carbocycles. The number of hydrogen-bond acceptors (Lipinski definition) is 5. The molecule has 0 saturated heterocycles. The van der Waals surface area contributed by atoms with Crippen molar-refractivity contribution in [3.63, 3.8) is 0 Å². The van der Waals surface area contributed by atoms with Crippen LogP contribution in [0, 0.1) is 0 Å². The minimum atomic E-state index is -4.73. The van der Waals surface area contributed by atoms with E-state index in [4.69, 9.17) is 11.6 Å². The second-order valence-electron chi connectivity index (χ2n) is 8.26. The topological polar surface area (TPSA) is 107 Å². The number of nitrogens with one attached hydrogen (secondary N) is 1. The average Bonchev–Trinajstić information content (AvgIpc) is 3.50. The molecule has 2 amide bonds. The number of azo groups is 1. The molecule has 1 unspecified atom stereocenters. The molecule has 0 saturated carbocycles. The first-order chi connectivity index (χ1) is 18.1. The van der Waals surface area contributed by atoms with Crippen molar-refractivity contribution in [1.29, 1.82) is 0 Å². The Morgan fingerprint density at radius 1 is 1.08 bits per heavy atom. The van der Waals surface area contributed by atoms with Crippen LogP contribution in [0.25, 0.3) is 16.9 Å². The van der Waals surface area contributed by atoms with Gasteiger partial charge in [-0.1, -0.05) is 29.8 Å². The number of nitrogens with zero attached hydrogens (tertiary/aromatic N) is 6. The maximum absolute atomic E-state index is 13.8.